The number of carbonyl (C=O) groups excluding carboxylic acids is 1. The third kappa shape index (κ3) is 8.38. The summed E-state index contributed by atoms with van der Waals surface area (Å²) >= 11 is 0. The number of hydrogen-bond acceptors (Lipinski definition) is 6. The summed E-state index contributed by atoms with van der Waals surface area (Å²) in [4.78, 5) is 14.7. The van der Waals surface area contributed by atoms with Crippen LogP contribution in [0.1, 0.15) is 65.2 Å². The summed E-state index contributed by atoms with van der Waals surface area (Å²) in [5.41, 5.74) is 0.131. The minimum absolute atomic E-state index is 0.00248. The number of piperidine rings is 1. The highest BCUT2D eigenvalue weighted by Crippen LogP contribution is 2.37. The first-order valence-corrected chi connectivity index (χ1v) is 16.0. The van der Waals surface area contributed by atoms with Gasteiger partial charge in [-0.15, -0.1) is 0 Å². The number of benzene rings is 3. The van der Waals surface area contributed by atoms with Crippen molar-refractivity contribution in [2.24, 2.45) is 0 Å². The van der Waals surface area contributed by atoms with Gasteiger partial charge in [-0.3, -0.25) is 4.79 Å². The topological polar surface area (TPSA) is 99.5 Å². The number of nitrogens with zero attached hydrogens (tertiary/aromatic N) is 2. The molecule has 0 spiro atoms. The summed E-state index contributed by atoms with van der Waals surface area (Å²) in [7, 11) is -3.46. The van der Waals surface area contributed by atoms with Crippen molar-refractivity contribution < 1.29 is 44.3 Å². The molecule has 0 aliphatic carbocycles. The fourth-order valence-electron chi connectivity index (χ4n) is 5.44. The van der Waals surface area contributed by atoms with E-state index in [9.17, 15) is 40.4 Å². The number of carbonyl (C=O) groups is 1. The Balaban J connectivity index is 1.55. The molecule has 1 fully saturated rings. The zero-order chi connectivity index (χ0) is 33.6. The summed E-state index contributed by atoms with van der Waals surface area (Å²) < 4.78 is 109. The van der Waals surface area contributed by atoms with E-state index >= 15 is 4.39 Å². The van der Waals surface area contributed by atoms with Gasteiger partial charge in [0.2, 0.25) is 0 Å². The van der Waals surface area contributed by atoms with Crippen molar-refractivity contribution >= 4 is 21.4 Å². The second-order valence-electron chi connectivity index (χ2n) is 10.8. The van der Waals surface area contributed by atoms with Crippen LogP contribution in [0, 0.1) is 17.1 Å². The van der Waals surface area contributed by atoms with Gasteiger partial charge >= 0.3 is 12.8 Å². The van der Waals surface area contributed by atoms with Gasteiger partial charge in [0, 0.05) is 18.0 Å². The van der Waals surface area contributed by atoms with E-state index in [2.05, 4.69) is 10.1 Å². The molecule has 0 bridgehead atoms. The van der Waals surface area contributed by atoms with Crippen molar-refractivity contribution in [1.29, 1.82) is 5.26 Å². The third-order valence-electron chi connectivity index (χ3n) is 7.97. The van der Waals surface area contributed by atoms with Gasteiger partial charge in [0.25, 0.3) is 5.91 Å². The summed E-state index contributed by atoms with van der Waals surface area (Å²) in [6, 6.07) is 14.4. The lowest BCUT2D eigenvalue weighted by Gasteiger charge is -2.41. The molecule has 46 heavy (non-hydrogen) atoms. The van der Waals surface area contributed by atoms with E-state index in [0.29, 0.717) is 17.5 Å². The highest BCUT2D eigenvalue weighted by atomic mass is 32.2. The zero-order valence-corrected chi connectivity index (χ0v) is 25.4. The number of rotatable bonds is 11. The van der Waals surface area contributed by atoms with Gasteiger partial charge in [-0.1, -0.05) is 31.2 Å². The Morgan fingerprint density at radius 2 is 1.74 bits per heavy atom. The number of nitriles is 1. The molecule has 1 saturated heterocycles. The van der Waals surface area contributed by atoms with Crippen molar-refractivity contribution in [3.8, 4) is 6.07 Å². The van der Waals surface area contributed by atoms with E-state index < -0.39 is 58.6 Å². The lowest BCUT2D eigenvalue weighted by atomic mass is 9.86. The number of sulfone groups is 1. The van der Waals surface area contributed by atoms with Crippen LogP contribution in [0.4, 0.5) is 32.0 Å². The molecule has 1 amide bonds. The minimum atomic E-state index is -4.51. The fraction of sp³-hybridized carbons (Fsp3) is 0.375. The van der Waals surface area contributed by atoms with Crippen LogP contribution in [0.25, 0.3) is 0 Å². The van der Waals surface area contributed by atoms with Crippen LogP contribution in [-0.2, 0) is 20.8 Å². The molecule has 0 aromatic heterocycles. The van der Waals surface area contributed by atoms with Crippen molar-refractivity contribution in [2.45, 2.75) is 61.9 Å². The minimum Gasteiger partial charge on any atom is -0.363 e. The highest BCUT2D eigenvalue weighted by Gasteiger charge is 2.34. The molecular formula is C32H31F6N3O4S. The van der Waals surface area contributed by atoms with Crippen LogP contribution in [0.3, 0.4) is 0 Å². The van der Waals surface area contributed by atoms with Crippen molar-refractivity contribution in [1.82, 2.24) is 5.32 Å². The zero-order valence-electron chi connectivity index (χ0n) is 24.6. The van der Waals surface area contributed by atoms with E-state index in [1.54, 1.807) is 0 Å². The van der Waals surface area contributed by atoms with Gasteiger partial charge in [0.05, 0.1) is 53.1 Å². The van der Waals surface area contributed by atoms with Crippen molar-refractivity contribution in [3.63, 3.8) is 0 Å². The molecule has 3 atom stereocenters. The average molecular weight is 668 g/mol. The first-order valence-electron chi connectivity index (χ1n) is 14.4. The molecule has 0 unspecified atom stereocenters. The summed E-state index contributed by atoms with van der Waals surface area (Å²) in [6.07, 6.45) is -3.94. The van der Waals surface area contributed by atoms with E-state index in [-0.39, 0.29) is 47.2 Å². The quantitative estimate of drug-likeness (QED) is 0.221. The lowest BCUT2D eigenvalue weighted by Crippen LogP contribution is -2.46. The number of ether oxygens (including phenoxy) is 1. The Labute approximate surface area is 262 Å². The van der Waals surface area contributed by atoms with E-state index in [1.165, 1.54) is 60.4 Å². The lowest BCUT2D eigenvalue weighted by molar-refractivity contribution is -0.137. The van der Waals surface area contributed by atoms with Crippen LogP contribution in [0.2, 0.25) is 0 Å². The van der Waals surface area contributed by atoms with Crippen molar-refractivity contribution in [2.75, 3.05) is 23.8 Å². The first kappa shape index (κ1) is 34.8. The van der Waals surface area contributed by atoms with Gasteiger partial charge in [0.15, 0.2) is 9.84 Å². The first-order chi connectivity index (χ1) is 21.7. The summed E-state index contributed by atoms with van der Waals surface area (Å²) in [5, 5.41) is 12.0. The van der Waals surface area contributed by atoms with Crippen LogP contribution in [0.15, 0.2) is 71.6 Å². The second-order valence-corrected chi connectivity index (χ2v) is 13.1. The number of amides is 1. The fourth-order valence-corrected chi connectivity index (χ4v) is 6.32. The summed E-state index contributed by atoms with van der Waals surface area (Å²) in [6.45, 7) is -1.88. The van der Waals surface area contributed by atoms with E-state index in [0.717, 1.165) is 18.2 Å². The predicted molar refractivity (Wildman–Crippen MR) is 158 cm³/mol. The number of halogens is 6. The maximum Gasteiger partial charge on any atom is 0.416 e. The van der Waals surface area contributed by atoms with Gasteiger partial charge in [-0.2, -0.15) is 27.2 Å². The Bertz CT molecular complexity index is 1660. The van der Waals surface area contributed by atoms with Crippen LogP contribution < -0.4 is 10.2 Å². The molecule has 14 heteroatoms. The molecule has 4 rings (SSSR count). The molecule has 1 heterocycles. The Morgan fingerprint density at radius 1 is 1.07 bits per heavy atom. The number of alkyl halides is 5. The summed E-state index contributed by atoms with van der Waals surface area (Å²) in [5.74, 6) is -1.99. The van der Waals surface area contributed by atoms with Crippen molar-refractivity contribution in [3.05, 3.63) is 94.8 Å². The molecular weight excluding hydrogens is 636 g/mol. The van der Waals surface area contributed by atoms with Gasteiger partial charge in [-0.05, 0) is 66.4 Å². The Kier molecular flexibility index (Phi) is 11.0. The molecule has 7 nitrogen and oxygen atoms in total. The van der Waals surface area contributed by atoms with E-state index in [1.807, 2.05) is 6.07 Å². The maximum absolute atomic E-state index is 15.6. The maximum atomic E-state index is 15.6. The van der Waals surface area contributed by atoms with Crippen LogP contribution in [-0.4, -0.2) is 45.9 Å². The van der Waals surface area contributed by atoms with Gasteiger partial charge in [-0.25, -0.2) is 12.8 Å². The highest BCUT2D eigenvalue weighted by molar-refractivity contribution is 7.91. The van der Waals surface area contributed by atoms with Gasteiger partial charge < -0.3 is 15.0 Å². The molecule has 0 radical (unpaired) electrons. The molecule has 0 saturated carbocycles. The Morgan fingerprint density at radius 3 is 2.30 bits per heavy atom. The number of nitrogens with one attached hydrogen (secondary N) is 1. The third-order valence-corrected chi connectivity index (χ3v) is 9.72. The normalized spacial score (nSPS) is 17.8. The molecule has 1 N–H and O–H groups in total. The predicted octanol–water partition coefficient (Wildman–Crippen LogP) is 7.01. The average Bonchev–Trinajstić information content (AvgIpc) is 3.03. The molecule has 1 aliphatic heterocycles. The molecule has 246 valence electrons. The van der Waals surface area contributed by atoms with E-state index in [4.69, 9.17) is 0 Å². The second kappa shape index (κ2) is 14.6. The molecule has 3 aromatic carbocycles. The van der Waals surface area contributed by atoms with Crippen LogP contribution in [0.5, 0.6) is 0 Å². The monoisotopic (exact) mass is 667 g/mol. The largest absolute Gasteiger partial charge is 0.416 e. The smallest absolute Gasteiger partial charge is 0.363 e. The molecule has 3 aromatic rings. The number of hydrogen-bond donors (Lipinski definition) is 1. The Hall–Kier alpha value is -4.09. The van der Waals surface area contributed by atoms with Crippen LogP contribution >= 0.6 is 0 Å². The number of anilines is 1. The molecule has 1 aliphatic rings. The SMILES string of the molecule is CCS(=O)(=O)c1ccc([C@H](CC#N)NC(=O)c2ccc(N3C[C@@H](c4ccc(C(F)(F)F)cc4)CC[C@H]3COC(F)F)c(F)c2)cc1. The standard InChI is InChI=1S/C32H31F6N3O4S/c1-2-46(43,44)26-12-6-21(7-13-26)28(15-16-39)40-30(42)22-8-14-29(27(33)17-22)41-18-23(5-11-25(41)19-45-31(34)35)20-3-9-24(10-4-20)32(36,37)38/h3-4,6-10,12-14,17,23,25,28,31H,2,5,11,15,18-19H2,1H3,(H,40,42)/t23-,25-,28-/m0/s1. The van der Waals surface area contributed by atoms with Gasteiger partial charge in [0.1, 0.15) is 5.82 Å².